The van der Waals surface area contributed by atoms with Crippen molar-refractivity contribution in [2.24, 2.45) is 16.9 Å². The van der Waals surface area contributed by atoms with Crippen LogP contribution in [0, 0.1) is 11.8 Å². The fraction of sp³-hybridized carbons (Fsp3) is 0.273. The fourth-order valence-electron chi connectivity index (χ4n) is 1.96. The van der Waals surface area contributed by atoms with E-state index in [9.17, 15) is 4.79 Å². The molecule has 2 atom stereocenters. The predicted molar refractivity (Wildman–Crippen MR) is 52.7 cm³/mol. The van der Waals surface area contributed by atoms with E-state index >= 15 is 0 Å². The first-order valence-corrected chi connectivity index (χ1v) is 4.79. The minimum absolute atomic E-state index is 0.0784. The number of hydrogen-bond donors (Lipinski definition) is 1. The summed E-state index contributed by atoms with van der Waals surface area (Å²) in [6.07, 6.45) is 0.958. The van der Waals surface area contributed by atoms with Crippen molar-refractivity contribution in [2.45, 2.75) is 6.42 Å². The molecule has 1 amide bonds. The molecular formula is C11H10N2O. The summed E-state index contributed by atoms with van der Waals surface area (Å²) in [6.45, 7) is 0. The van der Waals surface area contributed by atoms with Crippen LogP contribution in [-0.2, 0) is 4.79 Å². The third-order valence-electron chi connectivity index (χ3n) is 2.83. The second-order valence-corrected chi connectivity index (χ2v) is 3.79. The van der Waals surface area contributed by atoms with E-state index in [2.05, 4.69) is 10.5 Å². The normalized spacial score (nSPS) is 28.9. The molecule has 1 N–H and O–H groups in total. The molecule has 1 aliphatic carbocycles. The van der Waals surface area contributed by atoms with Gasteiger partial charge in [0.2, 0.25) is 5.91 Å². The molecule has 3 heteroatoms. The Labute approximate surface area is 81.8 Å². The van der Waals surface area contributed by atoms with Gasteiger partial charge in [-0.25, -0.2) is 5.43 Å². The Morgan fingerprint density at radius 3 is 2.79 bits per heavy atom. The molecule has 1 aromatic carbocycles. The molecule has 2 unspecified atom stereocenters. The van der Waals surface area contributed by atoms with Gasteiger partial charge in [-0.05, 0) is 12.0 Å². The average molecular weight is 186 g/mol. The van der Waals surface area contributed by atoms with E-state index in [4.69, 9.17) is 0 Å². The topological polar surface area (TPSA) is 41.5 Å². The zero-order chi connectivity index (χ0) is 9.54. The van der Waals surface area contributed by atoms with Gasteiger partial charge in [0.05, 0.1) is 5.71 Å². The van der Waals surface area contributed by atoms with Gasteiger partial charge in [0.15, 0.2) is 0 Å². The highest BCUT2D eigenvalue weighted by atomic mass is 16.2. The molecule has 1 saturated carbocycles. The molecule has 0 aromatic heterocycles. The molecule has 1 fully saturated rings. The van der Waals surface area contributed by atoms with Crippen LogP contribution in [0.3, 0.4) is 0 Å². The Balaban J connectivity index is 1.97. The number of amides is 1. The lowest BCUT2D eigenvalue weighted by atomic mass is 10.0. The summed E-state index contributed by atoms with van der Waals surface area (Å²) in [6, 6.07) is 10.0. The van der Waals surface area contributed by atoms with E-state index in [0.717, 1.165) is 17.7 Å². The molecule has 70 valence electrons. The summed E-state index contributed by atoms with van der Waals surface area (Å²) < 4.78 is 0. The predicted octanol–water partition coefficient (Wildman–Crippen LogP) is 1.16. The van der Waals surface area contributed by atoms with E-state index in [0.29, 0.717) is 5.92 Å². The Hall–Kier alpha value is -1.64. The number of carbonyl (C=O) groups excluding carboxylic acids is 1. The highest BCUT2D eigenvalue weighted by Gasteiger charge is 2.49. The number of hydrogen-bond acceptors (Lipinski definition) is 2. The van der Waals surface area contributed by atoms with Crippen molar-refractivity contribution in [3.8, 4) is 0 Å². The molecule has 0 bridgehead atoms. The van der Waals surface area contributed by atoms with Crippen molar-refractivity contribution in [3.63, 3.8) is 0 Å². The lowest BCUT2D eigenvalue weighted by Crippen LogP contribution is -2.28. The van der Waals surface area contributed by atoms with Crippen LogP contribution in [-0.4, -0.2) is 11.6 Å². The molecule has 1 aliphatic heterocycles. The van der Waals surface area contributed by atoms with E-state index in [1.165, 1.54) is 0 Å². The van der Waals surface area contributed by atoms with Gasteiger partial charge in [-0.3, -0.25) is 4.79 Å². The van der Waals surface area contributed by atoms with Gasteiger partial charge in [-0.2, -0.15) is 5.10 Å². The van der Waals surface area contributed by atoms with Crippen molar-refractivity contribution < 1.29 is 4.79 Å². The van der Waals surface area contributed by atoms with Crippen molar-refractivity contribution >= 4 is 11.6 Å². The first-order chi connectivity index (χ1) is 6.86. The first kappa shape index (κ1) is 7.74. The highest BCUT2D eigenvalue weighted by Crippen LogP contribution is 2.43. The Morgan fingerprint density at radius 2 is 2.00 bits per heavy atom. The SMILES string of the molecule is O=C1NN=C(c2ccccc2)C2CC12. The number of fused-ring (bicyclic) bond motifs is 1. The van der Waals surface area contributed by atoms with Gasteiger partial charge in [-0.15, -0.1) is 0 Å². The quantitative estimate of drug-likeness (QED) is 0.702. The third kappa shape index (κ3) is 1.05. The molecule has 0 saturated heterocycles. The van der Waals surface area contributed by atoms with E-state index in [1.807, 2.05) is 30.3 Å². The van der Waals surface area contributed by atoms with Gasteiger partial charge >= 0.3 is 0 Å². The molecular weight excluding hydrogens is 176 g/mol. The molecule has 14 heavy (non-hydrogen) atoms. The van der Waals surface area contributed by atoms with Crippen LogP contribution >= 0.6 is 0 Å². The lowest BCUT2D eigenvalue weighted by molar-refractivity contribution is -0.122. The second-order valence-electron chi connectivity index (χ2n) is 3.79. The zero-order valence-electron chi connectivity index (χ0n) is 7.60. The summed E-state index contributed by atoms with van der Waals surface area (Å²) in [7, 11) is 0. The summed E-state index contributed by atoms with van der Waals surface area (Å²) in [4.78, 5) is 11.2. The maximum atomic E-state index is 11.2. The van der Waals surface area contributed by atoms with Gasteiger partial charge in [-0.1, -0.05) is 30.3 Å². The van der Waals surface area contributed by atoms with E-state index in [1.54, 1.807) is 0 Å². The van der Waals surface area contributed by atoms with Crippen molar-refractivity contribution in [3.05, 3.63) is 35.9 Å². The van der Waals surface area contributed by atoms with Crippen LogP contribution in [0.2, 0.25) is 0 Å². The molecule has 0 radical (unpaired) electrons. The monoisotopic (exact) mass is 186 g/mol. The minimum Gasteiger partial charge on any atom is -0.273 e. The summed E-state index contributed by atoms with van der Waals surface area (Å²) >= 11 is 0. The van der Waals surface area contributed by atoms with Crippen molar-refractivity contribution in [2.75, 3.05) is 0 Å². The lowest BCUT2D eigenvalue weighted by Gasteiger charge is -2.10. The summed E-state index contributed by atoms with van der Waals surface area (Å²) in [5.74, 6) is 0.628. The molecule has 1 aromatic rings. The number of carbonyl (C=O) groups is 1. The zero-order valence-corrected chi connectivity index (χ0v) is 7.60. The van der Waals surface area contributed by atoms with Crippen LogP contribution in [0.1, 0.15) is 12.0 Å². The number of hydrazone groups is 1. The summed E-state index contributed by atoms with van der Waals surface area (Å²) in [5.41, 5.74) is 4.73. The largest absolute Gasteiger partial charge is 0.273 e. The number of nitrogens with one attached hydrogen (secondary N) is 1. The molecule has 3 rings (SSSR count). The first-order valence-electron chi connectivity index (χ1n) is 4.79. The smallest absolute Gasteiger partial charge is 0.243 e. The number of benzene rings is 1. The Bertz CT molecular complexity index is 411. The third-order valence-corrected chi connectivity index (χ3v) is 2.83. The van der Waals surface area contributed by atoms with Crippen LogP contribution in [0.25, 0.3) is 0 Å². The maximum Gasteiger partial charge on any atom is 0.243 e. The molecule has 0 spiro atoms. The van der Waals surface area contributed by atoms with Crippen molar-refractivity contribution in [1.82, 2.24) is 5.43 Å². The Morgan fingerprint density at radius 1 is 1.21 bits per heavy atom. The van der Waals surface area contributed by atoms with Crippen LogP contribution in [0.5, 0.6) is 0 Å². The number of nitrogens with zero attached hydrogens (tertiary/aromatic N) is 1. The van der Waals surface area contributed by atoms with E-state index < -0.39 is 0 Å². The minimum atomic E-state index is 0.0784. The average Bonchev–Trinajstić information content (AvgIpc) is 3.00. The highest BCUT2D eigenvalue weighted by molar-refractivity contribution is 6.09. The molecule has 1 heterocycles. The summed E-state index contributed by atoms with van der Waals surface area (Å²) in [5, 5.41) is 4.12. The molecule has 3 nitrogen and oxygen atoms in total. The van der Waals surface area contributed by atoms with Crippen LogP contribution in [0.4, 0.5) is 0 Å². The van der Waals surface area contributed by atoms with Gasteiger partial charge in [0.1, 0.15) is 0 Å². The number of rotatable bonds is 1. The van der Waals surface area contributed by atoms with Gasteiger partial charge in [0.25, 0.3) is 0 Å². The molecule has 2 aliphatic rings. The fourth-order valence-corrected chi connectivity index (χ4v) is 1.96. The van der Waals surface area contributed by atoms with Crippen LogP contribution < -0.4 is 5.43 Å². The van der Waals surface area contributed by atoms with Crippen molar-refractivity contribution in [1.29, 1.82) is 0 Å². The Kier molecular flexibility index (Phi) is 1.48. The van der Waals surface area contributed by atoms with E-state index in [-0.39, 0.29) is 11.8 Å². The second kappa shape index (κ2) is 2.67. The van der Waals surface area contributed by atoms with Crippen LogP contribution in [0.15, 0.2) is 35.4 Å². The standard InChI is InChI=1S/C11H10N2O/c14-11-9-6-8(9)10(12-13-11)7-4-2-1-3-5-7/h1-5,8-9H,6H2,(H,13,14). The van der Waals surface area contributed by atoms with Gasteiger partial charge < -0.3 is 0 Å². The maximum absolute atomic E-state index is 11.2. The van der Waals surface area contributed by atoms with Gasteiger partial charge in [0, 0.05) is 11.8 Å².